The molecule has 4 aromatic rings. The number of nitrogens with one attached hydrogen (secondary N) is 2. The van der Waals surface area contributed by atoms with Crippen LogP contribution in [0.15, 0.2) is 91.0 Å². The molecule has 10 nitrogen and oxygen atoms in total. The fourth-order valence-electron chi connectivity index (χ4n) is 5.03. The molecular formula is C35H38N4O6. The molecule has 0 aromatic heterocycles. The average molecular weight is 611 g/mol. The first kappa shape index (κ1) is 32.6. The van der Waals surface area contributed by atoms with Gasteiger partial charge in [-0.2, -0.15) is 0 Å². The van der Waals surface area contributed by atoms with Crippen LogP contribution in [-0.2, 0) is 22.6 Å². The number of carbonyl (C=O) groups excluding carboxylic acids is 3. The quantitative estimate of drug-likeness (QED) is 0.128. The molecule has 4 rings (SSSR count). The highest BCUT2D eigenvalue weighted by atomic mass is 16.5. The summed E-state index contributed by atoms with van der Waals surface area (Å²) in [7, 11) is 0. The predicted molar refractivity (Wildman–Crippen MR) is 171 cm³/mol. The first-order chi connectivity index (χ1) is 21.5. The Kier molecular flexibility index (Phi) is 10.8. The van der Waals surface area contributed by atoms with Crippen molar-refractivity contribution < 1.29 is 29.3 Å². The molecule has 0 unspecified atom stereocenters. The molecule has 234 valence electrons. The lowest BCUT2D eigenvalue weighted by atomic mass is 10.00. The van der Waals surface area contributed by atoms with Gasteiger partial charge in [0.2, 0.25) is 0 Å². The second-order valence-corrected chi connectivity index (χ2v) is 10.9. The summed E-state index contributed by atoms with van der Waals surface area (Å²) >= 11 is 0. The number of hydrazine groups is 1. The van der Waals surface area contributed by atoms with Gasteiger partial charge in [0.1, 0.15) is 11.5 Å². The number of nitrogen functional groups attached to an aromatic ring is 1. The molecule has 0 radical (unpaired) electrons. The molecular weight excluding hydrogens is 572 g/mol. The van der Waals surface area contributed by atoms with Crippen LogP contribution in [0.25, 0.3) is 0 Å². The molecule has 0 saturated carbocycles. The third-order valence-corrected chi connectivity index (χ3v) is 7.35. The molecule has 0 fully saturated rings. The van der Waals surface area contributed by atoms with Crippen molar-refractivity contribution in [1.82, 2.24) is 15.8 Å². The van der Waals surface area contributed by atoms with Crippen molar-refractivity contribution in [3.05, 3.63) is 124 Å². The number of amides is 3. The van der Waals surface area contributed by atoms with E-state index in [1.807, 2.05) is 50.2 Å². The number of benzene rings is 4. The van der Waals surface area contributed by atoms with Crippen LogP contribution in [0.3, 0.4) is 0 Å². The number of aromatic hydroxyl groups is 1. The minimum atomic E-state index is -1.75. The van der Waals surface area contributed by atoms with Gasteiger partial charge in [0.15, 0.2) is 12.7 Å². The SMILES string of the molecule is Cc1cc(N)cc(C)c1OCC(=O)N[C@@H](Cc1ccccc1)[C@H](O)C(=O)N(Cc1ccccc1)NC(=O)c1cccc(O)c1C. The van der Waals surface area contributed by atoms with Crippen molar-refractivity contribution in [3.8, 4) is 11.5 Å². The maximum absolute atomic E-state index is 13.9. The largest absolute Gasteiger partial charge is 0.508 e. The number of aryl methyl sites for hydroxylation is 2. The molecule has 2 atom stereocenters. The van der Waals surface area contributed by atoms with Crippen molar-refractivity contribution >= 4 is 23.4 Å². The molecule has 45 heavy (non-hydrogen) atoms. The molecule has 10 heteroatoms. The van der Waals surface area contributed by atoms with Crippen LogP contribution < -0.4 is 21.2 Å². The highest BCUT2D eigenvalue weighted by molar-refractivity contribution is 5.97. The first-order valence-corrected chi connectivity index (χ1v) is 14.5. The number of aliphatic hydroxyl groups excluding tert-OH is 1. The number of aliphatic hydroxyl groups is 1. The maximum atomic E-state index is 13.9. The highest BCUT2D eigenvalue weighted by Crippen LogP contribution is 2.26. The van der Waals surface area contributed by atoms with Crippen molar-refractivity contribution in [2.75, 3.05) is 12.3 Å². The molecule has 0 aliphatic rings. The Balaban J connectivity index is 1.57. The van der Waals surface area contributed by atoms with Gasteiger partial charge in [-0.25, -0.2) is 5.01 Å². The third kappa shape index (κ3) is 8.61. The fraction of sp³-hybridized carbons (Fsp3) is 0.229. The van der Waals surface area contributed by atoms with Crippen molar-refractivity contribution in [3.63, 3.8) is 0 Å². The lowest BCUT2D eigenvalue weighted by molar-refractivity contribution is -0.145. The summed E-state index contributed by atoms with van der Waals surface area (Å²) in [4.78, 5) is 40.3. The molecule has 0 saturated heterocycles. The van der Waals surface area contributed by atoms with Gasteiger partial charge in [0.25, 0.3) is 17.7 Å². The molecule has 0 heterocycles. The summed E-state index contributed by atoms with van der Waals surface area (Å²) in [5.41, 5.74) is 12.6. The van der Waals surface area contributed by atoms with E-state index >= 15 is 0 Å². The fourth-order valence-corrected chi connectivity index (χ4v) is 5.03. The highest BCUT2D eigenvalue weighted by Gasteiger charge is 2.33. The van der Waals surface area contributed by atoms with Crippen molar-refractivity contribution in [2.45, 2.75) is 45.9 Å². The molecule has 3 amide bonds. The van der Waals surface area contributed by atoms with Gasteiger partial charge in [0.05, 0.1) is 12.6 Å². The van der Waals surface area contributed by atoms with E-state index in [0.717, 1.165) is 21.7 Å². The van der Waals surface area contributed by atoms with Gasteiger partial charge in [-0.05, 0) is 73.7 Å². The van der Waals surface area contributed by atoms with Crippen LogP contribution in [0.4, 0.5) is 5.69 Å². The van der Waals surface area contributed by atoms with E-state index in [1.54, 1.807) is 43.3 Å². The Morgan fingerprint density at radius 3 is 2.09 bits per heavy atom. The number of hydrogen-bond donors (Lipinski definition) is 5. The normalized spacial score (nSPS) is 12.1. The number of ether oxygens (including phenoxy) is 1. The number of phenols is 1. The topological polar surface area (TPSA) is 154 Å². The summed E-state index contributed by atoms with van der Waals surface area (Å²) in [6.07, 6.45) is -1.62. The second kappa shape index (κ2) is 14.9. The first-order valence-electron chi connectivity index (χ1n) is 14.5. The molecule has 0 bridgehead atoms. The van der Waals surface area contributed by atoms with E-state index in [4.69, 9.17) is 10.5 Å². The molecule has 6 N–H and O–H groups in total. The van der Waals surface area contributed by atoms with Gasteiger partial charge in [-0.1, -0.05) is 66.7 Å². The van der Waals surface area contributed by atoms with E-state index in [9.17, 15) is 24.6 Å². The number of nitrogens with zero attached hydrogens (tertiary/aromatic N) is 1. The van der Waals surface area contributed by atoms with E-state index in [1.165, 1.54) is 18.2 Å². The Morgan fingerprint density at radius 2 is 1.47 bits per heavy atom. The van der Waals surface area contributed by atoms with E-state index < -0.39 is 29.9 Å². The van der Waals surface area contributed by atoms with E-state index in [2.05, 4.69) is 10.7 Å². The van der Waals surface area contributed by atoms with Crippen LogP contribution in [0.1, 0.15) is 38.2 Å². The van der Waals surface area contributed by atoms with Gasteiger partial charge in [-0.3, -0.25) is 19.8 Å². The van der Waals surface area contributed by atoms with Crippen LogP contribution in [0, 0.1) is 20.8 Å². The lowest BCUT2D eigenvalue weighted by Crippen LogP contribution is -2.57. The summed E-state index contributed by atoms with van der Waals surface area (Å²) in [5, 5.41) is 25.4. The van der Waals surface area contributed by atoms with Crippen molar-refractivity contribution in [1.29, 1.82) is 0 Å². The molecule has 4 aromatic carbocycles. The maximum Gasteiger partial charge on any atom is 0.272 e. The predicted octanol–water partition coefficient (Wildman–Crippen LogP) is 3.74. The summed E-state index contributed by atoms with van der Waals surface area (Å²) in [6, 6.07) is 25.0. The minimum absolute atomic E-state index is 0.0643. The third-order valence-electron chi connectivity index (χ3n) is 7.35. The second-order valence-electron chi connectivity index (χ2n) is 10.9. The lowest BCUT2D eigenvalue weighted by Gasteiger charge is -2.30. The molecule has 0 aliphatic carbocycles. The number of nitrogens with two attached hydrogens (primary N) is 1. The minimum Gasteiger partial charge on any atom is -0.508 e. The van der Waals surface area contributed by atoms with E-state index in [0.29, 0.717) is 22.6 Å². The number of anilines is 1. The zero-order valence-corrected chi connectivity index (χ0v) is 25.5. The van der Waals surface area contributed by atoms with Crippen LogP contribution in [-0.4, -0.2) is 51.7 Å². The number of carbonyl (C=O) groups is 3. The Bertz CT molecular complexity index is 1620. The number of rotatable bonds is 11. The summed E-state index contributed by atoms with van der Waals surface area (Å²) in [6.45, 7) is 4.81. The van der Waals surface area contributed by atoms with Gasteiger partial charge in [0, 0.05) is 16.8 Å². The molecule has 0 spiro atoms. The Hall–Kier alpha value is -5.35. The zero-order valence-electron chi connectivity index (χ0n) is 25.5. The smallest absolute Gasteiger partial charge is 0.272 e. The van der Waals surface area contributed by atoms with Gasteiger partial charge >= 0.3 is 0 Å². The van der Waals surface area contributed by atoms with E-state index in [-0.39, 0.29) is 30.9 Å². The monoisotopic (exact) mass is 610 g/mol. The zero-order chi connectivity index (χ0) is 32.5. The van der Waals surface area contributed by atoms with Crippen LogP contribution in [0.2, 0.25) is 0 Å². The molecule has 0 aliphatic heterocycles. The van der Waals surface area contributed by atoms with Crippen LogP contribution in [0.5, 0.6) is 11.5 Å². The van der Waals surface area contributed by atoms with Crippen molar-refractivity contribution in [2.24, 2.45) is 0 Å². The number of hydrogen-bond acceptors (Lipinski definition) is 7. The summed E-state index contributed by atoms with van der Waals surface area (Å²) in [5.74, 6) is -1.58. The van der Waals surface area contributed by atoms with Gasteiger partial charge < -0.3 is 26.0 Å². The Morgan fingerprint density at radius 1 is 0.867 bits per heavy atom. The number of phenolic OH excluding ortho intramolecular Hbond substituents is 1. The summed E-state index contributed by atoms with van der Waals surface area (Å²) < 4.78 is 5.80. The standard InChI is InChI=1S/C35H38N4O6/c1-22-17-27(36)18-23(2)33(22)45-21-31(41)37-29(19-25-11-6-4-7-12-25)32(42)35(44)39(20-26-13-8-5-9-14-26)38-34(43)28-15-10-16-30(40)24(28)3/h4-18,29,32,40,42H,19-21,36H2,1-3H3,(H,37,41)(H,38,43)/t29-,32-/m0/s1. The van der Waals surface area contributed by atoms with Gasteiger partial charge in [-0.15, -0.1) is 0 Å². The Labute approximate surface area is 262 Å². The average Bonchev–Trinajstić information content (AvgIpc) is 3.01. The van der Waals surface area contributed by atoms with Crippen LogP contribution >= 0.6 is 0 Å².